The number of allylic oxidation sites excluding steroid dienone is 1. The highest BCUT2D eigenvalue weighted by Gasteiger charge is 2.69. The normalized spacial score (nSPS) is 39.1. The molecule has 8 nitrogen and oxygen atoms in total. The standard InChI is InChI=1S/C32H39NO7/c1-18-11-10-14-24-28(40-22(5)35)20(3)19(2)27-25(17-23-12-8-7-9-13-23)33-30(37)32(24,27)26(39-21(4)34)15-16-31(6,38)29(18)36/h7-10,12-16,18-19,24-28,38H,3,11,17H2,1-2,4-6H3,(H,33,37)/b14-10-,16-15-/t18-,19+,24-,25-,26+,27-,28+,31+,32+/m0/s1. The first-order valence-electron chi connectivity index (χ1n) is 13.8. The van der Waals surface area contributed by atoms with E-state index in [1.807, 2.05) is 37.3 Å². The molecule has 9 atom stereocenters. The minimum Gasteiger partial charge on any atom is -0.457 e. The molecule has 4 rings (SSSR count). The van der Waals surface area contributed by atoms with Gasteiger partial charge in [0, 0.05) is 37.6 Å². The Kier molecular flexibility index (Phi) is 8.22. The van der Waals surface area contributed by atoms with E-state index in [4.69, 9.17) is 9.47 Å². The molecule has 1 aromatic carbocycles. The summed E-state index contributed by atoms with van der Waals surface area (Å²) in [6.45, 7) is 11.9. The minimum atomic E-state index is -1.85. The topological polar surface area (TPSA) is 119 Å². The van der Waals surface area contributed by atoms with Crippen LogP contribution in [0.2, 0.25) is 0 Å². The quantitative estimate of drug-likeness (QED) is 0.436. The number of amides is 1. The van der Waals surface area contributed by atoms with Crippen molar-refractivity contribution in [2.24, 2.45) is 29.1 Å². The lowest BCUT2D eigenvalue weighted by Gasteiger charge is -2.53. The van der Waals surface area contributed by atoms with Gasteiger partial charge in [-0.2, -0.15) is 0 Å². The minimum absolute atomic E-state index is 0.294. The van der Waals surface area contributed by atoms with Crippen LogP contribution in [-0.2, 0) is 35.1 Å². The van der Waals surface area contributed by atoms with Crippen molar-refractivity contribution in [2.45, 2.75) is 71.3 Å². The van der Waals surface area contributed by atoms with Gasteiger partial charge in [0.25, 0.3) is 0 Å². The van der Waals surface area contributed by atoms with Gasteiger partial charge in [-0.05, 0) is 49.0 Å². The van der Waals surface area contributed by atoms with Gasteiger partial charge in [0.2, 0.25) is 5.91 Å². The molecule has 1 saturated heterocycles. The fraction of sp³-hybridized carbons (Fsp3) is 0.500. The van der Waals surface area contributed by atoms with Gasteiger partial charge in [0.05, 0.1) is 0 Å². The van der Waals surface area contributed by atoms with Crippen molar-refractivity contribution in [1.29, 1.82) is 0 Å². The van der Waals surface area contributed by atoms with E-state index in [0.717, 1.165) is 5.56 Å². The molecular weight excluding hydrogens is 510 g/mol. The second-order valence-electron chi connectivity index (χ2n) is 11.6. The molecule has 0 aromatic heterocycles. The molecule has 0 bridgehead atoms. The van der Waals surface area contributed by atoms with Crippen molar-refractivity contribution in [3.05, 3.63) is 72.4 Å². The molecule has 2 N–H and O–H groups in total. The number of ketones is 1. The van der Waals surface area contributed by atoms with Crippen LogP contribution >= 0.6 is 0 Å². The van der Waals surface area contributed by atoms with Crippen LogP contribution in [0.1, 0.15) is 46.6 Å². The molecule has 2 aliphatic carbocycles. The molecule has 40 heavy (non-hydrogen) atoms. The van der Waals surface area contributed by atoms with Crippen LogP contribution in [0, 0.1) is 29.1 Å². The summed E-state index contributed by atoms with van der Waals surface area (Å²) in [5.41, 5.74) is -1.59. The van der Waals surface area contributed by atoms with E-state index < -0.39 is 58.7 Å². The van der Waals surface area contributed by atoms with Crippen LogP contribution in [0.5, 0.6) is 0 Å². The Balaban J connectivity index is 1.99. The number of Topliss-reactive ketones (excluding diaryl/α,β-unsaturated/α-hetero) is 1. The molecule has 2 fully saturated rings. The smallest absolute Gasteiger partial charge is 0.303 e. The van der Waals surface area contributed by atoms with Gasteiger partial charge in [0.15, 0.2) is 5.78 Å². The van der Waals surface area contributed by atoms with Crippen molar-refractivity contribution in [2.75, 3.05) is 0 Å². The highest BCUT2D eigenvalue weighted by Crippen LogP contribution is 2.59. The number of benzene rings is 1. The summed E-state index contributed by atoms with van der Waals surface area (Å²) >= 11 is 0. The van der Waals surface area contributed by atoms with Crippen LogP contribution in [0.3, 0.4) is 0 Å². The van der Waals surface area contributed by atoms with Crippen LogP contribution in [0.4, 0.5) is 0 Å². The predicted octanol–water partition coefficient (Wildman–Crippen LogP) is 3.49. The SMILES string of the molecule is C=C1[C@@H](C)[C@H]2[C@H](Cc3ccccc3)NC(=O)[C@]23[C@H](OC(C)=O)/C=C\[C@@](C)(O)C(=O)[C@@H](C)C/C=C\[C@H]3[C@@H]1OC(C)=O. The van der Waals surface area contributed by atoms with E-state index in [1.54, 1.807) is 19.1 Å². The van der Waals surface area contributed by atoms with E-state index in [1.165, 1.54) is 32.9 Å². The van der Waals surface area contributed by atoms with Gasteiger partial charge in [0.1, 0.15) is 23.2 Å². The summed E-state index contributed by atoms with van der Waals surface area (Å²) < 4.78 is 11.7. The van der Waals surface area contributed by atoms with Crippen LogP contribution in [-0.4, -0.2) is 52.6 Å². The number of rotatable bonds is 4. The third-order valence-electron chi connectivity index (χ3n) is 8.79. The van der Waals surface area contributed by atoms with E-state index in [-0.39, 0.29) is 17.9 Å². The first kappa shape index (κ1) is 29.5. The van der Waals surface area contributed by atoms with E-state index in [9.17, 15) is 24.3 Å². The number of carbonyl (C=O) groups excluding carboxylic acids is 4. The monoisotopic (exact) mass is 549 g/mol. The maximum absolute atomic E-state index is 14.4. The highest BCUT2D eigenvalue weighted by atomic mass is 16.6. The number of hydrogen-bond donors (Lipinski definition) is 2. The van der Waals surface area contributed by atoms with Crippen molar-refractivity contribution >= 4 is 23.6 Å². The average Bonchev–Trinajstić information content (AvgIpc) is 3.17. The van der Waals surface area contributed by atoms with Gasteiger partial charge in [-0.15, -0.1) is 0 Å². The summed E-state index contributed by atoms with van der Waals surface area (Å²) in [5, 5.41) is 14.3. The number of nitrogens with one attached hydrogen (secondary N) is 1. The van der Waals surface area contributed by atoms with Gasteiger partial charge in [-0.3, -0.25) is 19.2 Å². The van der Waals surface area contributed by atoms with Gasteiger partial charge in [-0.25, -0.2) is 0 Å². The second-order valence-corrected chi connectivity index (χ2v) is 11.6. The fourth-order valence-corrected chi connectivity index (χ4v) is 6.98. The molecule has 3 aliphatic rings. The third-order valence-corrected chi connectivity index (χ3v) is 8.79. The number of esters is 2. The number of ether oxygens (including phenoxy) is 2. The molecule has 1 amide bonds. The van der Waals surface area contributed by atoms with Crippen LogP contribution in [0.15, 0.2) is 66.8 Å². The molecule has 214 valence electrons. The zero-order chi connectivity index (χ0) is 29.4. The molecule has 8 heteroatoms. The molecule has 1 aromatic rings. The molecule has 1 aliphatic heterocycles. The van der Waals surface area contributed by atoms with E-state index in [2.05, 4.69) is 11.9 Å². The fourth-order valence-electron chi connectivity index (χ4n) is 6.98. The second kappa shape index (κ2) is 11.2. The maximum Gasteiger partial charge on any atom is 0.303 e. The average molecular weight is 550 g/mol. The summed E-state index contributed by atoms with van der Waals surface area (Å²) in [6, 6.07) is 9.42. The van der Waals surface area contributed by atoms with Crippen molar-refractivity contribution in [1.82, 2.24) is 5.32 Å². The first-order chi connectivity index (χ1) is 18.8. The largest absolute Gasteiger partial charge is 0.457 e. The van der Waals surface area contributed by atoms with Crippen molar-refractivity contribution in [3.8, 4) is 0 Å². The lowest BCUT2D eigenvalue weighted by Crippen LogP contribution is -2.61. The first-order valence-corrected chi connectivity index (χ1v) is 13.8. The molecule has 0 unspecified atom stereocenters. The van der Waals surface area contributed by atoms with E-state index in [0.29, 0.717) is 18.4 Å². The Morgan fingerprint density at radius 1 is 1.07 bits per heavy atom. The Bertz CT molecular complexity index is 1250. The number of hydrogen-bond acceptors (Lipinski definition) is 7. The van der Waals surface area contributed by atoms with Crippen molar-refractivity contribution in [3.63, 3.8) is 0 Å². The summed E-state index contributed by atoms with van der Waals surface area (Å²) in [4.78, 5) is 52.3. The third kappa shape index (κ3) is 5.17. The van der Waals surface area contributed by atoms with Gasteiger partial charge in [-0.1, -0.05) is 62.9 Å². The van der Waals surface area contributed by atoms with E-state index >= 15 is 0 Å². The number of carbonyl (C=O) groups is 4. The summed E-state index contributed by atoms with van der Waals surface area (Å²) in [5.74, 6) is -3.94. The predicted molar refractivity (Wildman–Crippen MR) is 149 cm³/mol. The van der Waals surface area contributed by atoms with Crippen LogP contribution in [0.25, 0.3) is 0 Å². The highest BCUT2D eigenvalue weighted by molar-refractivity contribution is 5.91. The molecule has 1 saturated carbocycles. The zero-order valence-corrected chi connectivity index (χ0v) is 23.8. The van der Waals surface area contributed by atoms with Gasteiger partial charge < -0.3 is 19.9 Å². The van der Waals surface area contributed by atoms with Gasteiger partial charge >= 0.3 is 11.9 Å². The molecule has 1 heterocycles. The lowest BCUT2D eigenvalue weighted by molar-refractivity contribution is -0.173. The molecule has 1 spiro atoms. The zero-order valence-electron chi connectivity index (χ0n) is 23.8. The van der Waals surface area contributed by atoms with Crippen molar-refractivity contribution < 1.29 is 33.8 Å². The number of aliphatic hydroxyl groups is 1. The molecule has 0 radical (unpaired) electrons. The van der Waals surface area contributed by atoms with Crippen LogP contribution < -0.4 is 5.32 Å². The Morgan fingerprint density at radius 3 is 2.35 bits per heavy atom. The Morgan fingerprint density at radius 2 is 1.73 bits per heavy atom. The molecular formula is C32H39NO7. The summed E-state index contributed by atoms with van der Waals surface area (Å²) in [7, 11) is 0. The summed E-state index contributed by atoms with van der Waals surface area (Å²) in [6.07, 6.45) is 5.14. The maximum atomic E-state index is 14.4. The Labute approximate surface area is 235 Å². The Hall–Kier alpha value is -3.52. The lowest BCUT2D eigenvalue weighted by atomic mass is 9.51.